The lowest BCUT2D eigenvalue weighted by Crippen LogP contribution is -2.16. The third-order valence-electron chi connectivity index (χ3n) is 2.36. The quantitative estimate of drug-likeness (QED) is 0.436. The molecule has 1 aliphatic carbocycles. The fourth-order valence-electron chi connectivity index (χ4n) is 1.57. The Labute approximate surface area is 73.5 Å². The van der Waals surface area contributed by atoms with Crippen LogP contribution in [0, 0.1) is 11.8 Å². The molecule has 1 aliphatic rings. The maximum absolute atomic E-state index is 12.9. The van der Waals surface area contributed by atoms with Crippen LogP contribution < -0.4 is 0 Å². The van der Waals surface area contributed by atoms with Gasteiger partial charge in [0, 0.05) is 0 Å². The Balaban J connectivity index is 2.56. The monoisotopic (exact) mass is 166 g/mol. The second-order valence-corrected chi connectivity index (χ2v) is 3.39. The molecule has 0 radical (unpaired) electrons. The van der Waals surface area contributed by atoms with Gasteiger partial charge in [-0.05, 0) is 30.8 Å². The van der Waals surface area contributed by atoms with Gasteiger partial charge in [-0.3, -0.25) is 0 Å². The Morgan fingerprint density at radius 1 is 1.75 bits per heavy atom. The predicted molar refractivity (Wildman–Crippen MR) is 49.6 cm³/mol. The summed E-state index contributed by atoms with van der Waals surface area (Å²) < 4.78 is 12.9. The van der Waals surface area contributed by atoms with Gasteiger partial charge in [-0.2, -0.15) is 0 Å². The molecule has 66 valence electrons. The van der Waals surface area contributed by atoms with E-state index in [0.29, 0.717) is 24.7 Å². The first kappa shape index (κ1) is 9.28. The first-order chi connectivity index (χ1) is 5.74. The summed E-state index contributed by atoms with van der Waals surface area (Å²) in [7, 11) is 0. The second-order valence-electron chi connectivity index (χ2n) is 3.39. The van der Waals surface area contributed by atoms with Crippen LogP contribution in [0.1, 0.15) is 19.8 Å². The van der Waals surface area contributed by atoms with E-state index in [2.05, 4.69) is 25.3 Å². The van der Waals surface area contributed by atoms with Crippen LogP contribution in [0.2, 0.25) is 0 Å². The number of allylic oxidation sites excluding steroid dienone is 3. The molecule has 0 nitrogen and oxygen atoms in total. The molecular formula is C11H15F. The van der Waals surface area contributed by atoms with Gasteiger partial charge < -0.3 is 0 Å². The summed E-state index contributed by atoms with van der Waals surface area (Å²) in [6.45, 7) is 5.59. The molecule has 0 bridgehead atoms. The Hall–Kier alpha value is -0.810. The van der Waals surface area contributed by atoms with Gasteiger partial charge in [0.15, 0.2) is 0 Å². The lowest BCUT2D eigenvalue weighted by Gasteiger charge is -2.22. The first-order valence-corrected chi connectivity index (χ1v) is 4.40. The average Bonchev–Trinajstić information content (AvgIpc) is 2.05. The van der Waals surface area contributed by atoms with E-state index in [1.54, 1.807) is 0 Å². The van der Waals surface area contributed by atoms with E-state index in [9.17, 15) is 4.39 Å². The standard InChI is InChI=1S/C11H15F/c1-3-5-9(2)10-6-4-7-11(12)8-10/h4-6,9-11H,1,7-8H2,2H3/t9-,10-,11+/m0/s1. The zero-order chi connectivity index (χ0) is 8.97. The highest BCUT2D eigenvalue weighted by atomic mass is 19.1. The summed E-state index contributed by atoms with van der Waals surface area (Å²) in [4.78, 5) is 0. The number of hydrogen-bond donors (Lipinski definition) is 0. The molecule has 0 N–H and O–H groups in total. The van der Waals surface area contributed by atoms with Gasteiger partial charge in [0.25, 0.3) is 0 Å². The van der Waals surface area contributed by atoms with E-state index in [4.69, 9.17) is 0 Å². The minimum Gasteiger partial charge on any atom is -0.247 e. The Morgan fingerprint density at radius 3 is 3.08 bits per heavy atom. The van der Waals surface area contributed by atoms with Gasteiger partial charge in [-0.15, -0.1) is 5.73 Å². The van der Waals surface area contributed by atoms with Crippen LogP contribution in [-0.4, -0.2) is 6.17 Å². The minimum atomic E-state index is -0.652. The van der Waals surface area contributed by atoms with Crippen molar-refractivity contribution >= 4 is 0 Å². The van der Waals surface area contributed by atoms with Crippen LogP contribution in [-0.2, 0) is 0 Å². The summed E-state index contributed by atoms with van der Waals surface area (Å²) in [5.74, 6) is 0.695. The Bertz CT molecular complexity index is 211. The summed E-state index contributed by atoms with van der Waals surface area (Å²) >= 11 is 0. The minimum absolute atomic E-state index is 0.336. The zero-order valence-electron chi connectivity index (χ0n) is 7.46. The SMILES string of the molecule is C=C=C[C@H](C)[C@H]1C=CC[C@@H](F)C1. The van der Waals surface area contributed by atoms with Crippen LogP contribution in [0.3, 0.4) is 0 Å². The van der Waals surface area contributed by atoms with Crippen LogP contribution in [0.4, 0.5) is 4.39 Å². The van der Waals surface area contributed by atoms with Crippen molar-refractivity contribution < 1.29 is 4.39 Å². The molecule has 0 spiro atoms. The van der Waals surface area contributed by atoms with Crippen molar-refractivity contribution in [2.75, 3.05) is 0 Å². The highest BCUT2D eigenvalue weighted by Gasteiger charge is 2.20. The molecule has 0 unspecified atom stereocenters. The lowest BCUT2D eigenvalue weighted by atomic mass is 9.85. The molecule has 0 amide bonds. The van der Waals surface area contributed by atoms with Gasteiger partial charge in [-0.25, -0.2) is 4.39 Å². The molecule has 0 aliphatic heterocycles. The van der Waals surface area contributed by atoms with Crippen LogP contribution in [0.5, 0.6) is 0 Å². The molecule has 3 atom stereocenters. The molecule has 1 heteroatoms. The molecule has 12 heavy (non-hydrogen) atoms. The topological polar surface area (TPSA) is 0 Å². The maximum Gasteiger partial charge on any atom is 0.104 e. The van der Waals surface area contributed by atoms with E-state index in [1.807, 2.05) is 12.2 Å². The van der Waals surface area contributed by atoms with E-state index in [0.717, 1.165) is 0 Å². The molecule has 0 aromatic heterocycles. The number of hydrogen-bond acceptors (Lipinski definition) is 0. The fraction of sp³-hybridized carbons (Fsp3) is 0.545. The molecule has 0 aromatic rings. The van der Waals surface area contributed by atoms with Gasteiger partial charge >= 0.3 is 0 Å². The van der Waals surface area contributed by atoms with Crippen molar-refractivity contribution in [2.45, 2.75) is 25.9 Å². The van der Waals surface area contributed by atoms with Crippen LogP contribution in [0.15, 0.2) is 30.5 Å². The summed E-state index contributed by atoms with van der Waals surface area (Å²) in [5, 5.41) is 0. The zero-order valence-corrected chi connectivity index (χ0v) is 7.46. The van der Waals surface area contributed by atoms with Crippen molar-refractivity contribution in [3.8, 4) is 0 Å². The van der Waals surface area contributed by atoms with Crippen molar-refractivity contribution in [1.82, 2.24) is 0 Å². The van der Waals surface area contributed by atoms with Crippen molar-refractivity contribution in [1.29, 1.82) is 0 Å². The van der Waals surface area contributed by atoms with Gasteiger partial charge in [-0.1, -0.05) is 25.7 Å². The molecule has 0 saturated heterocycles. The molecule has 0 heterocycles. The van der Waals surface area contributed by atoms with Crippen LogP contribution >= 0.6 is 0 Å². The van der Waals surface area contributed by atoms with Crippen molar-refractivity contribution in [3.05, 3.63) is 30.5 Å². The third-order valence-corrected chi connectivity index (χ3v) is 2.36. The summed E-state index contributed by atoms with van der Waals surface area (Å²) in [6, 6.07) is 0. The van der Waals surface area contributed by atoms with Gasteiger partial charge in [0.2, 0.25) is 0 Å². The molecule has 0 fully saturated rings. The van der Waals surface area contributed by atoms with E-state index in [-0.39, 0.29) is 0 Å². The smallest absolute Gasteiger partial charge is 0.104 e. The van der Waals surface area contributed by atoms with Crippen molar-refractivity contribution in [2.24, 2.45) is 11.8 Å². The summed E-state index contributed by atoms with van der Waals surface area (Å²) in [6.07, 6.45) is 6.53. The van der Waals surface area contributed by atoms with Crippen LogP contribution in [0.25, 0.3) is 0 Å². The number of alkyl halides is 1. The average molecular weight is 166 g/mol. The van der Waals surface area contributed by atoms with Crippen molar-refractivity contribution in [3.63, 3.8) is 0 Å². The Kier molecular flexibility index (Phi) is 3.31. The van der Waals surface area contributed by atoms with E-state index >= 15 is 0 Å². The highest BCUT2D eigenvalue weighted by Crippen LogP contribution is 2.27. The normalized spacial score (nSPS) is 30.8. The largest absolute Gasteiger partial charge is 0.247 e. The maximum atomic E-state index is 12.9. The van der Waals surface area contributed by atoms with E-state index < -0.39 is 6.17 Å². The molecule has 0 saturated carbocycles. The number of rotatable bonds is 2. The van der Waals surface area contributed by atoms with Gasteiger partial charge in [0.1, 0.15) is 6.17 Å². The van der Waals surface area contributed by atoms with E-state index in [1.165, 1.54) is 0 Å². The first-order valence-electron chi connectivity index (χ1n) is 4.40. The molecule has 0 aromatic carbocycles. The lowest BCUT2D eigenvalue weighted by molar-refractivity contribution is 0.258. The third kappa shape index (κ3) is 2.35. The molecule has 1 rings (SSSR count). The number of halogens is 1. The predicted octanol–water partition coefficient (Wildman–Crippen LogP) is 3.27. The summed E-state index contributed by atoms with van der Waals surface area (Å²) in [5.41, 5.74) is 2.75. The van der Waals surface area contributed by atoms with Gasteiger partial charge in [0.05, 0.1) is 0 Å². The highest BCUT2D eigenvalue weighted by molar-refractivity contribution is 5.02. The Morgan fingerprint density at radius 2 is 2.50 bits per heavy atom. The fourth-order valence-corrected chi connectivity index (χ4v) is 1.57. The molecular weight excluding hydrogens is 151 g/mol. The second kappa shape index (κ2) is 4.27.